The van der Waals surface area contributed by atoms with Crippen LogP contribution in [0.25, 0.3) is 10.9 Å². The Hall–Kier alpha value is -4.26. The number of carboxylic acids is 1. The highest BCUT2D eigenvalue weighted by atomic mass is 19.4. The number of nitrogens with zero attached hydrogens (tertiary/aromatic N) is 4. The summed E-state index contributed by atoms with van der Waals surface area (Å²) >= 11 is 0. The Bertz CT molecular complexity index is 1640. The van der Waals surface area contributed by atoms with Crippen LogP contribution in [0.3, 0.4) is 0 Å². The first-order valence-electron chi connectivity index (χ1n) is 16.7. The van der Waals surface area contributed by atoms with E-state index < -0.39 is 30.4 Å². The van der Waals surface area contributed by atoms with Crippen molar-refractivity contribution in [2.24, 2.45) is 5.92 Å². The van der Waals surface area contributed by atoms with Crippen LogP contribution in [-0.4, -0.2) is 107 Å². The third kappa shape index (κ3) is 12.0. The zero-order valence-corrected chi connectivity index (χ0v) is 29.0. The molecule has 15 heteroatoms. The van der Waals surface area contributed by atoms with Gasteiger partial charge in [0.1, 0.15) is 17.8 Å². The molecular formula is C35H47F3N6O6. The summed E-state index contributed by atoms with van der Waals surface area (Å²) in [5.74, 6) is 4.98. The molecule has 1 fully saturated rings. The fourth-order valence-electron chi connectivity index (χ4n) is 5.85. The van der Waals surface area contributed by atoms with Gasteiger partial charge in [0.25, 0.3) is 0 Å². The van der Waals surface area contributed by atoms with Gasteiger partial charge in [0.2, 0.25) is 0 Å². The summed E-state index contributed by atoms with van der Waals surface area (Å²) in [6.07, 6.45) is -0.402. The van der Waals surface area contributed by atoms with Crippen LogP contribution < -0.4 is 10.6 Å². The number of halogens is 3. The van der Waals surface area contributed by atoms with Gasteiger partial charge in [-0.05, 0) is 77.2 Å². The predicted octanol–water partition coefficient (Wildman–Crippen LogP) is 5.22. The van der Waals surface area contributed by atoms with E-state index >= 15 is 0 Å². The van der Waals surface area contributed by atoms with E-state index in [0.717, 1.165) is 31.6 Å². The molecule has 2 unspecified atom stereocenters. The van der Waals surface area contributed by atoms with E-state index in [1.807, 2.05) is 6.07 Å². The average Bonchev–Trinajstić information content (AvgIpc) is 3.63. The van der Waals surface area contributed by atoms with Gasteiger partial charge < -0.3 is 44.0 Å². The van der Waals surface area contributed by atoms with Crippen LogP contribution in [0.15, 0.2) is 36.8 Å². The number of alkyl carbamates (subject to hydrolysis) is 1. The Balaban J connectivity index is 1.35. The molecule has 1 aliphatic heterocycles. The van der Waals surface area contributed by atoms with E-state index in [1.54, 1.807) is 39.0 Å². The highest BCUT2D eigenvalue weighted by molar-refractivity contribution is 5.94. The van der Waals surface area contributed by atoms with Gasteiger partial charge >= 0.3 is 18.2 Å². The van der Waals surface area contributed by atoms with Crippen LogP contribution in [0.5, 0.6) is 0 Å². The van der Waals surface area contributed by atoms with E-state index in [9.17, 15) is 22.8 Å². The van der Waals surface area contributed by atoms with Gasteiger partial charge in [-0.15, -0.1) is 0 Å². The minimum atomic E-state index is -4.45. The summed E-state index contributed by atoms with van der Waals surface area (Å²) < 4.78 is 60.5. The minimum absolute atomic E-state index is 0.0784. The first-order chi connectivity index (χ1) is 23.7. The second-order valence-corrected chi connectivity index (χ2v) is 13.3. The summed E-state index contributed by atoms with van der Waals surface area (Å²) in [6.45, 7) is 7.98. The first kappa shape index (κ1) is 38.5. The SMILES string of the molecule is CN1CCC(Nc2cccc3c2cc(C#CCCNC(=O)OC(C)(C)C)n3CC(F)(F)F)C(CCOCCOCCn2cncc2C(=O)O)C1. The Labute approximate surface area is 290 Å². The standard InChI is InChI=1S/C35H47F3N6O6/c1-34(2,3)50-33(47)40-13-6-5-8-26-20-27-29(9-7-10-30(27)44(26)23-35(36,37)38)41-28-11-14-42(4)22-25(28)12-16-48-18-19-49-17-15-43-24-39-21-31(43)32(45)46/h7,9-10,20-21,24-25,28,41H,6,11-19,22-23H2,1-4H3,(H,40,47)(H,45,46). The molecular weight excluding hydrogens is 657 g/mol. The van der Waals surface area contributed by atoms with E-state index in [0.29, 0.717) is 43.9 Å². The number of nitrogens with one attached hydrogen (secondary N) is 2. The molecule has 0 aliphatic carbocycles. The number of carbonyl (C=O) groups excluding carboxylic acids is 1. The van der Waals surface area contributed by atoms with Crippen molar-refractivity contribution in [3.05, 3.63) is 48.2 Å². The van der Waals surface area contributed by atoms with Crippen LogP contribution >= 0.6 is 0 Å². The van der Waals surface area contributed by atoms with Crippen LogP contribution in [0.2, 0.25) is 0 Å². The number of aromatic carboxylic acids is 1. The quantitative estimate of drug-likeness (QED) is 0.144. The van der Waals surface area contributed by atoms with Gasteiger partial charge in [0.15, 0.2) is 0 Å². The molecule has 50 heavy (non-hydrogen) atoms. The molecule has 3 aromatic rings. The van der Waals surface area contributed by atoms with Crippen molar-refractivity contribution >= 4 is 28.7 Å². The summed E-state index contributed by atoms with van der Waals surface area (Å²) in [7, 11) is 2.07. The lowest BCUT2D eigenvalue weighted by Crippen LogP contribution is -2.45. The smallest absolute Gasteiger partial charge is 0.407 e. The number of amides is 1. The number of rotatable bonds is 15. The maximum absolute atomic E-state index is 13.7. The van der Waals surface area contributed by atoms with Crippen molar-refractivity contribution in [2.75, 3.05) is 58.4 Å². The molecule has 3 N–H and O–H groups in total. The topological polar surface area (TPSA) is 132 Å². The van der Waals surface area contributed by atoms with Crippen LogP contribution in [0.4, 0.5) is 23.7 Å². The lowest BCUT2D eigenvalue weighted by Gasteiger charge is -2.38. The van der Waals surface area contributed by atoms with Gasteiger partial charge in [0.05, 0.1) is 43.6 Å². The number of carbonyl (C=O) groups is 2. The van der Waals surface area contributed by atoms with Crippen molar-refractivity contribution < 1.29 is 42.1 Å². The number of alkyl halides is 3. The number of benzene rings is 1. The third-order valence-corrected chi connectivity index (χ3v) is 8.11. The number of piperidine rings is 1. The lowest BCUT2D eigenvalue weighted by molar-refractivity contribution is -0.140. The average molecular weight is 705 g/mol. The van der Waals surface area contributed by atoms with Crippen LogP contribution in [0.1, 0.15) is 56.2 Å². The first-order valence-corrected chi connectivity index (χ1v) is 16.7. The maximum Gasteiger partial charge on any atom is 0.407 e. The predicted molar refractivity (Wildman–Crippen MR) is 182 cm³/mol. The second kappa shape index (κ2) is 17.6. The van der Waals surface area contributed by atoms with Crippen molar-refractivity contribution in [3.63, 3.8) is 0 Å². The number of carboxylic acid groups (broad SMARTS) is 1. The summed E-state index contributed by atoms with van der Waals surface area (Å²) in [5, 5.41) is 16.1. The fraction of sp³-hybridized carbons (Fsp3) is 0.571. The number of hydrogen-bond donors (Lipinski definition) is 3. The van der Waals surface area contributed by atoms with Crippen molar-refractivity contribution in [1.29, 1.82) is 0 Å². The van der Waals surface area contributed by atoms with Gasteiger partial charge in [-0.2, -0.15) is 13.2 Å². The molecule has 1 amide bonds. The number of likely N-dealkylation sites (tertiary alicyclic amines) is 1. The normalized spacial score (nSPS) is 16.9. The number of aromatic nitrogens is 3. The largest absolute Gasteiger partial charge is 0.477 e. The molecule has 4 rings (SSSR count). The molecule has 12 nitrogen and oxygen atoms in total. The van der Waals surface area contributed by atoms with E-state index in [1.165, 1.54) is 21.7 Å². The van der Waals surface area contributed by atoms with Gasteiger partial charge in [0, 0.05) is 49.8 Å². The molecule has 0 saturated carbocycles. The van der Waals surface area contributed by atoms with Gasteiger partial charge in [-0.1, -0.05) is 12.0 Å². The molecule has 3 heterocycles. The Morgan fingerprint density at radius 3 is 2.60 bits per heavy atom. The lowest BCUT2D eigenvalue weighted by atomic mass is 9.89. The number of imidazole rings is 1. The molecule has 0 bridgehead atoms. The van der Waals surface area contributed by atoms with Crippen molar-refractivity contribution in [2.45, 2.75) is 70.9 Å². The second-order valence-electron chi connectivity index (χ2n) is 13.3. The minimum Gasteiger partial charge on any atom is -0.477 e. The molecule has 0 spiro atoms. The summed E-state index contributed by atoms with van der Waals surface area (Å²) in [5.41, 5.74) is 0.889. The van der Waals surface area contributed by atoms with E-state index in [2.05, 4.69) is 39.4 Å². The number of ether oxygens (including phenoxy) is 3. The molecule has 2 aromatic heterocycles. The zero-order valence-electron chi connectivity index (χ0n) is 29.0. The molecule has 1 aromatic carbocycles. The maximum atomic E-state index is 13.7. The molecule has 0 radical (unpaired) electrons. The summed E-state index contributed by atoms with van der Waals surface area (Å²) in [6, 6.07) is 7.08. The Morgan fingerprint density at radius 1 is 1.12 bits per heavy atom. The number of hydrogen-bond acceptors (Lipinski definition) is 8. The Morgan fingerprint density at radius 2 is 1.88 bits per heavy atom. The fourth-order valence-corrected chi connectivity index (χ4v) is 5.85. The number of fused-ring (bicyclic) bond motifs is 1. The molecule has 2 atom stereocenters. The summed E-state index contributed by atoms with van der Waals surface area (Å²) in [4.78, 5) is 29.2. The molecule has 274 valence electrons. The zero-order chi connectivity index (χ0) is 36.3. The molecule has 1 aliphatic rings. The van der Waals surface area contributed by atoms with Crippen LogP contribution in [0, 0.1) is 17.8 Å². The van der Waals surface area contributed by atoms with E-state index in [-0.39, 0.29) is 36.3 Å². The highest BCUT2D eigenvalue weighted by Crippen LogP contribution is 2.32. The van der Waals surface area contributed by atoms with Gasteiger partial charge in [-0.25, -0.2) is 14.6 Å². The monoisotopic (exact) mass is 704 g/mol. The number of anilines is 1. The van der Waals surface area contributed by atoms with E-state index in [4.69, 9.17) is 19.3 Å². The van der Waals surface area contributed by atoms with Crippen LogP contribution in [-0.2, 0) is 27.3 Å². The molecule has 1 saturated heterocycles. The highest BCUT2D eigenvalue weighted by Gasteiger charge is 2.31. The van der Waals surface area contributed by atoms with Crippen molar-refractivity contribution in [1.82, 2.24) is 24.3 Å². The third-order valence-electron chi connectivity index (χ3n) is 8.11. The van der Waals surface area contributed by atoms with Gasteiger partial charge in [-0.3, -0.25) is 0 Å². The Kier molecular flexibility index (Phi) is 13.6. The van der Waals surface area contributed by atoms with Crippen molar-refractivity contribution in [3.8, 4) is 11.8 Å².